The molecule has 4 heteroatoms. The van der Waals surface area contributed by atoms with Crippen LogP contribution < -0.4 is 4.80 Å². The Morgan fingerprint density at radius 3 is 2.46 bits per heavy atom. The van der Waals surface area contributed by atoms with Gasteiger partial charge in [0, 0.05) is 11.9 Å². The molecule has 28 heavy (non-hydrogen) atoms. The highest BCUT2D eigenvalue weighted by molar-refractivity contribution is 7.07. The van der Waals surface area contributed by atoms with Crippen molar-refractivity contribution < 1.29 is 4.39 Å². The minimum Gasteiger partial charge on any atom is -0.316 e. The largest absolute Gasteiger partial charge is 0.316 e. The Kier molecular flexibility index (Phi) is 5.49. The number of aromatic nitrogens is 1. The van der Waals surface area contributed by atoms with E-state index in [0.29, 0.717) is 0 Å². The molecule has 0 spiro atoms. The first kappa shape index (κ1) is 18.4. The standard InChI is InChI=1S/C24H21FN2S/c1-18-6-5-9-22(16-18)26-24-27(15-14-19-7-3-2-4-8-19)23(17-28-24)20-10-12-21(25)13-11-20/h2-13,16-17H,14-15H2,1H3. The molecular weight excluding hydrogens is 367 g/mol. The zero-order chi connectivity index (χ0) is 19.3. The molecule has 0 bridgehead atoms. The summed E-state index contributed by atoms with van der Waals surface area (Å²) in [5.74, 6) is -0.223. The minimum absolute atomic E-state index is 0.223. The van der Waals surface area contributed by atoms with Crippen molar-refractivity contribution in [1.82, 2.24) is 4.57 Å². The van der Waals surface area contributed by atoms with Crippen LogP contribution in [0.15, 0.2) is 89.2 Å². The third-order valence-electron chi connectivity index (χ3n) is 4.63. The van der Waals surface area contributed by atoms with Crippen LogP contribution in [0.1, 0.15) is 11.1 Å². The molecule has 0 aliphatic rings. The van der Waals surface area contributed by atoms with Gasteiger partial charge >= 0.3 is 0 Å². The van der Waals surface area contributed by atoms with Gasteiger partial charge in [0.05, 0.1) is 11.4 Å². The van der Waals surface area contributed by atoms with Gasteiger partial charge in [0.1, 0.15) is 5.82 Å². The van der Waals surface area contributed by atoms with Crippen LogP contribution in [0.4, 0.5) is 10.1 Å². The van der Waals surface area contributed by atoms with Gasteiger partial charge in [0.15, 0.2) is 4.80 Å². The Bertz CT molecular complexity index is 1130. The number of thiazole rings is 1. The summed E-state index contributed by atoms with van der Waals surface area (Å²) in [6, 6.07) is 25.3. The Labute approximate surface area is 168 Å². The quantitative estimate of drug-likeness (QED) is 0.391. The van der Waals surface area contributed by atoms with E-state index < -0.39 is 0 Å². The number of nitrogens with zero attached hydrogens (tertiary/aromatic N) is 2. The van der Waals surface area contributed by atoms with Gasteiger partial charge in [-0.3, -0.25) is 0 Å². The maximum absolute atomic E-state index is 13.4. The number of hydrogen-bond acceptors (Lipinski definition) is 2. The summed E-state index contributed by atoms with van der Waals surface area (Å²) in [5, 5.41) is 2.10. The van der Waals surface area contributed by atoms with Crippen molar-refractivity contribution >= 4 is 17.0 Å². The first-order chi connectivity index (χ1) is 13.7. The second kappa shape index (κ2) is 8.36. The van der Waals surface area contributed by atoms with E-state index in [0.717, 1.165) is 34.7 Å². The second-order valence-corrected chi connectivity index (χ2v) is 7.59. The number of hydrogen-bond donors (Lipinski definition) is 0. The van der Waals surface area contributed by atoms with Crippen LogP contribution in [0.2, 0.25) is 0 Å². The monoisotopic (exact) mass is 388 g/mol. The molecule has 0 radical (unpaired) electrons. The molecule has 0 N–H and O–H groups in total. The molecule has 0 aliphatic carbocycles. The predicted octanol–water partition coefficient (Wildman–Crippen LogP) is 6.14. The van der Waals surface area contributed by atoms with Gasteiger partial charge in [0.25, 0.3) is 0 Å². The van der Waals surface area contributed by atoms with Crippen LogP contribution in [0.5, 0.6) is 0 Å². The fourth-order valence-corrected chi connectivity index (χ4v) is 4.14. The van der Waals surface area contributed by atoms with Crippen molar-refractivity contribution in [3.63, 3.8) is 0 Å². The van der Waals surface area contributed by atoms with E-state index in [1.165, 1.54) is 23.3 Å². The molecule has 2 nitrogen and oxygen atoms in total. The molecule has 1 aromatic heterocycles. The van der Waals surface area contributed by atoms with E-state index in [-0.39, 0.29) is 5.82 Å². The van der Waals surface area contributed by atoms with Crippen LogP contribution in [-0.4, -0.2) is 4.57 Å². The van der Waals surface area contributed by atoms with Crippen LogP contribution in [0, 0.1) is 12.7 Å². The van der Waals surface area contributed by atoms with E-state index >= 15 is 0 Å². The Hall–Kier alpha value is -2.98. The van der Waals surface area contributed by atoms with Gasteiger partial charge < -0.3 is 4.57 Å². The Morgan fingerprint density at radius 1 is 0.929 bits per heavy atom. The van der Waals surface area contributed by atoms with E-state index in [9.17, 15) is 4.39 Å². The molecule has 0 atom stereocenters. The zero-order valence-corrected chi connectivity index (χ0v) is 16.5. The lowest BCUT2D eigenvalue weighted by molar-refractivity contribution is 0.627. The fraction of sp³-hybridized carbons (Fsp3) is 0.125. The molecule has 0 aliphatic heterocycles. The van der Waals surface area contributed by atoms with Gasteiger partial charge in [-0.05, 0) is 66.4 Å². The van der Waals surface area contributed by atoms with Gasteiger partial charge in [-0.15, -0.1) is 11.3 Å². The number of halogens is 1. The highest BCUT2D eigenvalue weighted by Gasteiger charge is 2.09. The summed E-state index contributed by atoms with van der Waals surface area (Å²) in [4.78, 5) is 5.83. The topological polar surface area (TPSA) is 17.3 Å². The summed E-state index contributed by atoms with van der Waals surface area (Å²) in [6.07, 6.45) is 0.909. The van der Waals surface area contributed by atoms with Crippen LogP contribution in [0.3, 0.4) is 0 Å². The zero-order valence-electron chi connectivity index (χ0n) is 15.7. The summed E-state index contributed by atoms with van der Waals surface area (Å²) >= 11 is 1.61. The molecule has 4 rings (SSSR count). The molecule has 0 amide bonds. The van der Waals surface area contributed by atoms with Crippen LogP contribution in [0.25, 0.3) is 11.3 Å². The first-order valence-corrected chi connectivity index (χ1v) is 10.2. The third kappa shape index (κ3) is 4.29. The molecule has 140 valence electrons. The Balaban J connectivity index is 1.76. The molecule has 0 fully saturated rings. The van der Waals surface area contributed by atoms with Crippen LogP contribution >= 0.6 is 11.3 Å². The maximum atomic E-state index is 13.4. The van der Waals surface area contributed by atoms with Crippen molar-refractivity contribution in [2.75, 3.05) is 0 Å². The molecule has 0 saturated heterocycles. The molecule has 1 heterocycles. The van der Waals surface area contributed by atoms with Crippen molar-refractivity contribution in [1.29, 1.82) is 0 Å². The van der Waals surface area contributed by atoms with Crippen molar-refractivity contribution in [3.05, 3.63) is 106 Å². The average Bonchev–Trinajstić information content (AvgIpc) is 3.10. The molecule has 3 aromatic carbocycles. The maximum Gasteiger partial charge on any atom is 0.190 e. The van der Waals surface area contributed by atoms with Gasteiger partial charge in [-0.25, -0.2) is 9.38 Å². The summed E-state index contributed by atoms with van der Waals surface area (Å²) in [6.45, 7) is 2.88. The average molecular weight is 389 g/mol. The normalized spacial score (nSPS) is 11.7. The van der Waals surface area contributed by atoms with Gasteiger partial charge in [-0.2, -0.15) is 0 Å². The first-order valence-electron chi connectivity index (χ1n) is 9.29. The highest BCUT2D eigenvalue weighted by atomic mass is 32.1. The lowest BCUT2D eigenvalue weighted by Gasteiger charge is -2.10. The van der Waals surface area contributed by atoms with Crippen molar-refractivity contribution in [2.24, 2.45) is 4.99 Å². The number of rotatable bonds is 5. The Morgan fingerprint density at radius 2 is 1.71 bits per heavy atom. The van der Waals surface area contributed by atoms with Crippen molar-refractivity contribution in [3.8, 4) is 11.3 Å². The molecule has 0 saturated carbocycles. The number of benzene rings is 3. The van der Waals surface area contributed by atoms with Crippen molar-refractivity contribution in [2.45, 2.75) is 19.9 Å². The van der Waals surface area contributed by atoms with Gasteiger partial charge in [0.2, 0.25) is 0 Å². The summed E-state index contributed by atoms with van der Waals surface area (Å²) < 4.78 is 15.6. The summed E-state index contributed by atoms with van der Waals surface area (Å²) in [7, 11) is 0. The molecule has 0 unspecified atom stereocenters. The van der Waals surface area contributed by atoms with E-state index in [2.05, 4.69) is 53.3 Å². The predicted molar refractivity (Wildman–Crippen MR) is 114 cm³/mol. The van der Waals surface area contributed by atoms with Crippen LogP contribution in [-0.2, 0) is 13.0 Å². The van der Waals surface area contributed by atoms with Gasteiger partial charge in [-0.1, -0.05) is 42.5 Å². The second-order valence-electron chi connectivity index (χ2n) is 6.75. The molecular formula is C24H21FN2S. The molecule has 4 aromatic rings. The fourth-order valence-electron chi connectivity index (χ4n) is 3.18. The SMILES string of the molecule is Cc1cccc(N=c2scc(-c3ccc(F)cc3)n2CCc2ccccc2)c1. The summed E-state index contributed by atoms with van der Waals surface area (Å²) in [5.41, 5.74) is 5.48. The third-order valence-corrected chi connectivity index (χ3v) is 5.49. The lowest BCUT2D eigenvalue weighted by Crippen LogP contribution is -2.17. The van der Waals surface area contributed by atoms with E-state index in [1.807, 2.05) is 30.3 Å². The van der Waals surface area contributed by atoms with E-state index in [4.69, 9.17) is 4.99 Å². The highest BCUT2D eigenvalue weighted by Crippen LogP contribution is 2.22. The minimum atomic E-state index is -0.223. The van der Waals surface area contributed by atoms with E-state index in [1.54, 1.807) is 11.3 Å². The lowest BCUT2D eigenvalue weighted by atomic mass is 10.1. The smallest absolute Gasteiger partial charge is 0.190 e. The number of aryl methyl sites for hydroxylation is 2.